The minimum absolute atomic E-state index is 0.101. The minimum Gasteiger partial charge on any atom is -0.460 e. The first-order valence-corrected chi connectivity index (χ1v) is 12.0. The number of benzene rings is 1. The second-order valence-corrected chi connectivity index (χ2v) is 9.12. The van der Waals surface area contributed by atoms with Crippen molar-refractivity contribution in [1.82, 2.24) is 10.2 Å². The summed E-state index contributed by atoms with van der Waals surface area (Å²) in [6.45, 7) is 8.62. The number of nitrogens with zero attached hydrogens (tertiary/aromatic N) is 5. The van der Waals surface area contributed by atoms with Crippen LogP contribution in [-0.2, 0) is 22.4 Å². The van der Waals surface area contributed by atoms with E-state index in [2.05, 4.69) is 50.8 Å². The lowest BCUT2D eigenvalue weighted by Crippen LogP contribution is -2.42. The van der Waals surface area contributed by atoms with Gasteiger partial charge in [-0.15, -0.1) is 20.4 Å². The molecule has 2 aromatic rings. The van der Waals surface area contributed by atoms with E-state index in [0.717, 1.165) is 35.4 Å². The van der Waals surface area contributed by atoms with Crippen molar-refractivity contribution in [3.63, 3.8) is 0 Å². The summed E-state index contributed by atoms with van der Waals surface area (Å²) in [7, 11) is 0. The third-order valence-electron chi connectivity index (χ3n) is 4.80. The zero-order valence-corrected chi connectivity index (χ0v) is 19.5. The summed E-state index contributed by atoms with van der Waals surface area (Å²) in [5.41, 5.74) is 2.90. The Balaban J connectivity index is 1.91. The molecule has 0 amide bonds. The zero-order valence-electron chi connectivity index (χ0n) is 17.9. The van der Waals surface area contributed by atoms with Crippen LogP contribution in [0.3, 0.4) is 0 Å². The maximum atomic E-state index is 11.9. The predicted octanol–water partition coefficient (Wildman–Crippen LogP) is 4.62. The smallest absolute Gasteiger partial charge is 0.369 e. The third kappa shape index (κ3) is 5.63. The second kappa shape index (κ2) is 10.2. The van der Waals surface area contributed by atoms with E-state index >= 15 is 0 Å². The molecule has 10 nitrogen and oxygen atoms in total. The number of carbonyl (C=O) groups excluding carboxylic acids is 1. The molecule has 3 rings (SSSR count). The molecule has 0 saturated carbocycles. The average Bonchev–Trinajstić information content (AvgIpc) is 3.19. The van der Waals surface area contributed by atoms with Crippen molar-refractivity contribution in [2.24, 2.45) is 10.2 Å². The van der Waals surface area contributed by atoms with Gasteiger partial charge in [-0.2, -0.15) is 0 Å². The number of aryl methyl sites for hydroxylation is 1. The molecule has 0 fully saturated rings. The molecule has 31 heavy (non-hydrogen) atoms. The lowest BCUT2D eigenvalue weighted by atomic mass is 9.94. The number of esters is 1. The van der Waals surface area contributed by atoms with Crippen molar-refractivity contribution < 1.29 is 18.3 Å². The minimum atomic E-state index is -2.27. The number of carbonyl (C=O) groups is 1. The van der Waals surface area contributed by atoms with Crippen molar-refractivity contribution in [1.29, 1.82) is 0 Å². The summed E-state index contributed by atoms with van der Waals surface area (Å²) in [6, 6.07) is 4.34. The summed E-state index contributed by atoms with van der Waals surface area (Å²) < 4.78 is 28.4. The highest BCUT2D eigenvalue weighted by atomic mass is 32.2. The van der Waals surface area contributed by atoms with Gasteiger partial charge in [0.05, 0.1) is 12.3 Å². The Labute approximate surface area is 187 Å². The molecule has 2 N–H and O–H groups in total. The van der Waals surface area contributed by atoms with Gasteiger partial charge in [-0.05, 0) is 57.7 Å². The zero-order chi connectivity index (χ0) is 22.5. The number of azo groups is 1. The van der Waals surface area contributed by atoms with Crippen LogP contribution in [0, 0.1) is 0 Å². The van der Waals surface area contributed by atoms with Crippen molar-refractivity contribution in [2.75, 3.05) is 16.2 Å². The molecule has 1 aromatic heterocycles. The Morgan fingerprint density at radius 1 is 1.42 bits per heavy atom. The quantitative estimate of drug-likeness (QED) is 0.330. The van der Waals surface area contributed by atoms with Crippen LogP contribution < -0.4 is 9.62 Å². The largest absolute Gasteiger partial charge is 0.460 e. The van der Waals surface area contributed by atoms with E-state index in [9.17, 15) is 13.6 Å². The SMILES string of the molecule is CCCOC(=O)c1nnc(N=Nc2cc3c(cc2NS(=O)O)N(C(C)C)C(C)CC3)s1. The molecule has 1 aliphatic heterocycles. The van der Waals surface area contributed by atoms with Crippen LogP contribution in [0.2, 0.25) is 0 Å². The molecule has 0 radical (unpaired) electrons. The second-order valence-electron chi connectivity index (χ2n) is 7.46. The standard InChI is InChI=1S/C19H26N6O4S2/c1-5-8-29-18(26)17-21-23-19(30-17)22-20-14-9-13-7-6-12(4)25(11(2)3)16(13)10-15(14)24-31(27)28/h9-12,24H,5-8H2,1-4H3,(H,27,28). The Kier molecular flexibility index (Phi) is 7.68. The number of aromatic nitrogens is 2. The predicted molar refractivity (Wildman–Crippen MR) is 121 cm³/mol. The van der Waals surface area contributed by atoms with E-state index in [1.807, 2.05) is 19.1 Å². The van der Waals surface area contributed by atoms with Crippen molar-refractivity contribution >= 4 is 50.8 Å². The van der Waals surface area contributed by atoms with Gasteiger partial charge in [0, 0.05) is 17.8 Å². The Morgan fingerprint density at radius 2 is 2.19 bits per heavy atom. The van der Waals surface area contributed by atoms with Crippen LogP contribution in [0.5, 0.6) is 0 Å². The first kappa shape index (κ1) is 23.2. The number of nitrogens with one attached hydrogen (secondary N) is 1. The number of fused-ring (bicyclic) bond motifs is 1. The molecule has 0 bridgehead atoms. The fourth-order valence-electron chi connectivity index (χ4n) is 3.54. The summed E-state index contributed by atoms with van der Waals surface area (Å²) >= 11 is -1.30. The lowest BCUT2D eigenvalue weighted by Gasteiger charge is -2.40. The fraction of sp³-hybridized carbons (Fsp3) is 0.526. The lowest BCUT2D eigenvalue weighted by molar-refractivity contribution is 0.0503. The highest BCUT2D eigenvalue weighted by Crippen LogP contribution is 2.40. The monoisotopic (exact) mass is 466 g/mol. The van der Waals surface area contributed by atoms with Crippen LogP contribution in [-0.4, -0.2) is 43.6 Å². The average molecular weight is 467 g/mol. The summed E-state index contributed by atoms with van der Waals surface area (Å²) in [4.78, 5) is 14.2. The normalized spacial score (nSPS) is 17.1. The Hall–Kier alpha value is -2.44. The molecule has 0 aliphatic carbocycles. The van der Waals surface area contributed by atoms with Crippen molar-refractivity contribution in [3.8, 4) is 0 Å². The number of hydrogen-bond donors (Lipinski definition) is 2. The van der Waals surface area contributed by atoms with Crippen molar-refractivity contribution in [2.45, 2.75) is 59.0 Å². The number of hydrogen-bond acceptors (Lipinski definition) is 9. The van der Waals surface area contributed by atoms with Crippen LogP contribution in [0.1, 0.15) is 55.9 Å². The van der Waals surface area contributed by atoms with Crippen LogP contribution >= 0.6 is 11.3 Å². The number of rotatable bonds is 8. The summed E-state index contributed by atoms with van der Waals surface area (Å²) in [5, 5.41) is 16.2. The molecule has 2 atom stereocenters. The van der Waals surface area contributed by atoms with Gasteiger partial charge < -0.3 is 9.64 Å². The number of ether oxygens (including phenoxy) is 1. The molecule has 0 saturated heterocycles. The van der Waals surface area contributed by atoms with Gasteiger partial charge in [-0.25, -0.2) is 9.00 Å². The molecular weight excluding hydrogens is 440 g/mol. The first-order valence-electron chi connectivity index (χ1n) is 10.0. The molecular formula is C19H26N6O4S2. The Morgan fingerprint density at radius 3 is 2.87 bits per heavy atom. The molecule has 1 aromatic carbocycles. The van der Waals surface area contributed by atoms with Gasteiger partial charge in [0.25, 0.3) is 16.4 Å². The van der Waals surface area contributed by atoms with E-state index in [1.165, 1.54) is 0 Å². The maximum Gasteiger partial charge on any atom is 0.369 e. The first-order chi connectivity index (χ1) is 14.8. The molecule has 0 spiro atoms. The molecule has 2 heterocycles. The topological polar surface area (TPSA) is 129 Å². The van der Waals surface area contributed by atoms with E-state index in [0.29, 0.717) is 30.4 Å². The maximum absolute atomic E-state index is 11.9. The van der Waals surface area contributed by atoms with Crippen molar-refractivity contribution in [3.05, 3.63) is 22.7 Å². The molecule has 2 unspecified atom stereocenters. The highest BCUT2D eigenvalue weighted by Gasteiger charge is 2.27. The number of anilines is 2. The third-order valence-corrected chi connectivity index (χ3v) is 5.99. The summed E-state index contributed by atoms with van der Waals surface area (Å²) in [5.74, 6) is -0.546. The molecule has 1 aliphatic rings. The van der Waals surface area contributed by atoms with Gasteiger partial charge in [-0.1, -0.05) is 18.3 Å². The Bertz CT molecular complexity index is 994. The van der Waals surface area contributed by atoms with Crippen LogP contribution in [0.4, 0.5) is 22.2 Å². The van der Waals surface area contributed by atoms with E-state index in [4.69, 9.17) is 4.74 Å². The fourth-order valence-corrected chi connectivity index (χ4v) is 4.45. The molecule has 168 valence electrons. The van der Waals surface area contributed by atoms with E-state index in [1.54, 1.807) is 0 Å². The van der Waals surface area contributed by atoms with Gasteiger partial charge in [-0.3, -0.25) is 9.27 Å². The van der Waals surface area contributed by atoms with Crippen LogP contribution in [0.15, 0.2) is 22.4 Å². The molecule has 12 heteroatoms. The van der Waals surface area contributed by atoms with E-state index < -0.39 is 17.2 Å². The summed E-state index contributed by atoms with van der Waals surface area (Å²) in [6.07, 6.45) is 2.58. The highest BCUT2D eigenvalue weighted by molar-refractivity contribution is 7.80. The van der Waals surface area contributed by atoms with Crippen LogP contribution in [0.25, 0.3) is 0 Å². The van der Waals surface area contributed by atoms with Gasteiger partial charge in [0.1, 0.15) is 5.69 Å². The van der Waals surface area contributed by atoms with Gasteiger partial charge in [0.15, 0.2) is 0 Å². The van der Waals surface area contributed by atoms with Gasteiger partial charge >= 0.3 is 5.97 Å². The van der Waals surface area contributed by atoms with E-state index in [-0.39, 0.29) is 16.2 Å². The van der Waals surface area contributed by atoms with Gasteiger partial charge in [0.2, 0.25) is 5.01 Å².